The highest BCUT2D eigenvalue weighted by atomic mass is 19.3. The lowest BCUT2D eigenvalue weighted by molar-refractivity contribution is 0.120. The minimum atomic E-state index is -2.54. The van der Waals surface area contributed by atoms with Crippen LogP contribution < -0.4 is 5.69 Å². The summed E-state index contributed by atoms with van der Waals surface area (Å²) in [5.41, 5.74) is -0.442. The molecule has 0 unspecified atom stereocenters. The molecule has 0 amide bonds. The van der Waals surface area contributed by atoms with Gasteiger partial charge in [0, 0.05) is 13.0 Å². The maximum Gasteiger partial charge on any atom is 0.345 e. The van der Waals surface area contributed by atoms with Gasteiger partial charge in [-0.25, -0.2) is 18.3 Å². The standard InChI is InChI=1S/C10H15F2N3O/c1-14-9(7-4-2-3-5-7)13-15(10(14)16)6-8(11)12/h7-8H,2-6H2,1H3. The highest BCUT2D eigenvalue weighted by Crippen LogP contribution is 2.32. The highest BCUT2D eigenvalue weighted by molar-refractivity contribution is 4.99. The lowest BCUT2D eigenvalue weighted by atomic mass is 10.1. The molecule has 0 radical (unpaired) electrons. The molecule has 0 N–H and O–H groups in total. The Kier molecular flexibility index (Phi) is 3.07. The van der Waals surface area contributed by atoms with Crippen LogP contribution in [0.4, 0.5) is 8.78 Å². The van der Waals surface area contributed by atoms with Crippen molar-refractivity contribution in [2.45, 2.75) is 44.6 Å². The number of alkyl halides is 2. The Bertz CT molecular complexity index is 418. The van der Waals surface area contributed by atoms with Crippen molar-refractivity contribution in [3.05, 3.63) is 16.3 Å². The van der Waals surface area contributed by atoms with Crippen LogP contribution in [0.5, 0.6) is 0 Å². The number of aromatic nitrogens is 3. The van der Waals surface area contributed by atoms with Crippen molar-refractivity contribution in [3.8, 4) is 0 Å². The fraction of sp³-hybridized carbons (Fsp3) is 0.800. The third kappa shape index (κ3) is 2.01. The second-order valence-corrected chi connectivity index (χ2v) is 4.25. The molecular formula is C10H15F2N3O. The van der Waals surface area contributed by atoms with E-state index in [1.54, 1.807) is 7.05 Å². The molecule has 0 saturated heterocycles. The maximum atomic E-state index is 12.2. The smallest absolute Gasteiger partial charge is 0.282 e. The molecule has 6 heteroatoms. The number of halogens is 2. The van der Waals surface area contributed by atoms with Gasteiger partial charge < -0.3 is 0 Å². The van der Waals surface area contributed by atoms with Gasteiger partial charge in [0.2, 0.25) is 0 Å². The molecule has 90 valence electrons. The quantitative estimate of drug-likeness (QED) is 0.791. The van der Waals surface area contributed by atoms with E-state index in [1.807, 2.05) is 0 Å². The van der Waals surface area contributed by atoms with E-state index in [0.717, 1.165) is 30.4 Å². The summed E-state index contributed by atoms with van der Waals surface area (Å²) in [5, 5.41) is 4.02. The third-order valence-electron chi connectivity index (χ3n) is 3.11. The Balaban J connectivity index is 2.29. The summed E-state index contributed by atoms with van der Waals surface area (Å²) in [6.07, 6.45) is 1.71. The summed E-state index contributed by atoms with van der Waals surface area (Å²) in [5.74, 6) is 0.916. The molecule has 0 aromatic carbocycles. The monoisotopic (exact) mass is 231 g/mol. The minimum absolute atomic E-state index is 0.261. The number of hydrogen-bond acceptors (Lipinski definition) is 2. The van der Waals surface area contributed by atoms with Gasteiger partial charge in [-0.3, -0.25) is 4.57 Å². The van der Waals surface area contributed by atoms with Crippen LogP contribution in [0.1, 0.15) is 37.4 Å². The Morgan fingerprint density at radius 3 is 2.62 bits per heavy atom. The lowest BCUT2D eigenvalue weighted by Gasteiger charge is -2.05. The highest BCUT2D eigenvalue weighted by Gasteiger charge is 2.24. The molecule has 1 aromatic rings. The predicted molar refractivity (Wildman–Crippen MR) is 54.7 cm³/mol. The molecule has 0 atom stereocenters. The molecule has 1 fully saturated rings. The summed E-state index contributed by atoms with van der Waals surface area (Å²) in [6.45, 7) is -0.612. The van der Waals surface area contributed by atoms with Crippen LogP contribution in [0.15, 0.2) is 4.79 Å². The third-order valence-corrected chi connectivity index (χ3v) is 3.11. The SMILES string of the molecule is Cn1c(C2CCCC2)nn(CC(F)F)c1=O. The Labute approximate surface area is 91.9 Å². The zero-order chi connectivity index (χ0) is 11.7. The van der Waals surface area contributed by atoms with Crippen LogP contribution in [0.2, 0.25) is 0 Å². The van der Waals surface area contributed by atoms with Crippen molar-refractivity contribution in [1.29, 1.82) is 0 Å². The van der Waals surface area contributed by atoms with Gasteiger partial charge in [0.05, 0.1) is 0 Å². The van der Waals surface area contributed by atoms with E-state index in [4.69, 9.17) is 0 Å². The first kappa shape index (κ1) is 11.3. The van der Waals surface area contributed by atoms with Gasteiger partial charge in [0.25, 0.3) is 6.43 Å². The largest absolute Gasteiger partial charge is 0.345 e. The van der Waals surface area contributed by atoms with Crippen molar-refractivity contribution in [2.24, 2.45) is 7.05 Å². The molecule has 1 aromatic heterocycles. The van der Waals surface area contributed by atoms with Gasteiger partial charge in [-0.15, -0.1) is 0 Å². The van der Waals surface area contributed by atoms with Crippen LogP contribution in [0.25, 0.3) is 0 Å². The van der Waals surface area contributed by atoms with Gasteiger partial charge in [-0.2, -0.15) is 5.10 Å². The Morgan fingerprint density at radius 2 is 2.06 bits per heavy atom. The molecule has 16 heavy (non-hydrogen) atoms. The van der Waals surface area contributed by atoms with E-state index >= 15 is 0 Å². The van der Waals surface area contributed by atoms with E-state index in [-0.39, 0.29) is 5.92 Å². The van der Waals surface area contributed by atoms with E-state index in [9.17, 15) is 13.6 Å². The van der Waals surface area contributed by atoms with Crippen molar-refractivity contribution < 1.29 is 8.78 Å². The van der Waals surface area contributed by atoms with Gasteiger partial charge in [-0.05, 0) is 12.8 Å². The Morgan fingerprint density at radius 1 is 1.44 bits per heavy atom. The summed E-state index contributed by atoms with van der Waals surface area (Å²) in [4.78, 5) is 11.6. The second-order valence-electron chi connectivity index (χ2n) is 4.25. The first-order valence-corrected chi connectivity index (χ1v) is 5.51. The molecule has 1 aliphatic rings. The van der Waals surface area contributed by atoms with Crippen LogP contribution in [-0.2, 0) is 13.6 Å². The van der Waals surface area contributed by atoms with Gasteiger partial charge in [0.15, 0.2) is 0 Å². The van der Waals surface area contributed by atoms with E-state index in [2.05, 4.69) is 5.10 Å². The average molecular weight is 231 g/mol. The molecule has 0 aliphatic heterocycles. The van der Waals surface area contributed by atoms with Crippen molar-refractivity contribution >= 4 is 0 Å². The maximum absolute atomic E-state index is 12.2. The molecule has 1 aliphatic carbocycles. The molecule has 1 saturated carbocycles. The normalized spacial score (nSPS) is 17.5. The van der Waals surface area contributed by atoms with E-state index in [1.165, 1.54) is 4.57 Å². The molecule has 4 nitrogen and oxygen atoms in total. The fourth-order valence-corrected chi connectivity index (χ4v) is 2.29. The fourth-order valence-electron chi connectivity index (χ4n) is 2.29. The topological polar surface area (TPSA) is 39.8 Å². The molecule has 1 heterocycles. The van der Waals surface area contributed by atoms with E-state index in [0.29, 0.717) is 5.82 Å². The van der Waals surface area contributed by atoms with Crippen molar-refractivity contribution in [1.82, 2.24) is 14.3 Å². The molecular weight excluding hydrogens is 216 g/mol. The number of nitrogens with zero attached hydrogens (tertiary/aromatic N) is 3. The number of rotatable bonds is 3. The van der Waals surface area contributed by atoms with Crippen LogP contribution in [0.3, 0.4) is 0 Å². The first-order valence-electron chi connectivity index (χ1n) is 5.51. The summed E-state index contributed by atoms with van der Waals surface area (Å²) < 4.78 is 26.7. The van der Waals surface area contributed by atoms with Crippen LogP contribution >= 0.6 is 0 Å². The zero-order valence-corrected chi connectivity index (χ0v) is 9.20. The average Bonchev–Trinajstić information content (AvgIpc) is 2.81. The minimum Gasteiger partial charge on any atom is -0.282 e. The van der Waals surface area contributed by atoms with Crippen LogP contribution in [0, 0.1) is 0 Å². The van der Waals surface area contributed by atoms with Gasteiger partial charge in [-0.1, -0.05) is 12.8 Å². The van der Waals surface area contributed by atoms with Crippen molar-refractivity contribution in [2.75, 3.05) is 0 Å². The Hall–Kier alpha value is -1.20. The van der Waals surface area contributed by atoms with Crippen molar-refractivity contribution in [3.63, 3.8) is 0 Å². The zero-order valence-electron chi connectivity index (χ0n) is 9.20. The summed E-state index contributed by atoms with van der Waals surface area (Å²) >= 11 is 0. The summed E-state index contributed by atoms with van der Waals surface area (Å²) in [6, 6.07) is 0. The van der Waals surface area contributed by atoms with Crippen LogP contribution in [-0.4, -0.2) is 20.8 Å². The van der Waals surface area contributed by atoms with E-state index < -0.39 is 18.7 Å². The first-order chi connectivity index (χ1) is 7.59. The number of hydrogen-bond donors (Lipinski definition) is 0. The predicted octanol–water partition coefficient (Wildman–Crippen LogP) is 1.50. The molecule has 0 bridgehead atoms. The van der Waals surface area contributed by atoms with Gasteiger partial charge in [0.1, 0.15) is 12.4 Å². The molecule has 2 rings (SSSR count). The molecule has 0 spiro atoms. The summed E-state index contributed by atoms with van der Waals surface area (Å²) in [7, 11) is 1.60. The van der Waals surface area contributed by atoms with Gasteiger partial charge >= 0.3 is 5.69 Å². The second kappa shape index (κ2) is 4.35. The lowest BCUT2D eigenvalue weighted by Crippen LogP contribution is -2.25.